The molecule has 0 amide bonds. The molecule has 0 spiro atoms. The summed E-state index contributed by atoms with van der Waals surface area (Å²) in [5.74, 6) is 0.0901. The van der Waals surface area contributed by atoms with Crippen molar-refractivity contribution in [3.8, 4) is 5.75 Å². The number of halogens is 1. The predicted octanol–water partition coefficient (Wildman–Crippen LogP) is 5.37. The highest BCUT2D eigenvalue weighted by atomic mass is 79.9. The van der Waals surface area contributed by atoms with Gasteiger partial charge in [0.25, 0.3) is 0 Å². The lowest BCUT2D eigenvalue weighted by atomic mass is 10.0. The van der Waals surface area contributed by atoms with E-state index in [9.17, 15) is 4.79 Å². The van der Waals surface area contributed by atoms with Crippen molar-refractivity contribution in [2.24, 2.45) is 5.16 Å². The van der Waals surface area contributed by atoms with E-state index in [0.717, 1.165) is 21.2 Å². The minimum Gasteiger partial charge on any atom is -0.482 e. The van der Waals surface area contributed by atoms with Gasteiger partial charge in [0.05, 0.1) is 0 Å². The second-order valence-electron chi connectivity index (χ2n) is 6.25. The van der Waals surface area contributed by atoms with E-state index in [4.69, 9.17) is 9.57 Å². The fraction of sp³-hybridized carbons (Fsp3) is 0.182. The molecule has 138 valence electrons. The fourth-order valence-corrected chi connectivity index (χ4v) is 3.09. The Morgan fingerprint density at radius 3 is 2.56 bits per heavy atom. The minimum atomic E-state index is -0.539. The molecule has 0 atom stereocenters. The van der Waals surface area contributed by atoms with Crippen LogP contribution in [0.3, 0.4) is 0 Å². The van der Waals surface area contributed by atoms with Gasteiger partial charge in [-0.15, -0.1) is 0 Å². The number of aryl methyl sites for hydroxylation is 2. The molecule has 3 aromatic carbocycles. The summed E-state index contributed by atoms with van der Waals surface area (Å²) >= 11 is 3.50. The molecular weight excluding hydrogens is 406 g/mol. The van der Waals surface area contributed by atoms with E-state index in [-0.39, 0.29) is 6.61 Å². The molecule has 0 saturated heterocycles. The van der Waals surface area contributed by atoms with E-state index < -0.39 is 5.97 Å². The highest BCUT2D eigenvalue weighted by Gasteiger charge is 2.07. The Balaban J connectivity index is 1.52. The second-order valence-corrected chi connectivity index (χ2v) is 7.05. The van der Waals surface area contributed by atoms with Gasteiger partial charge in [-0.3, -0.25) is 0 Å². The molecule has 0 saturated carbocycles. The first-order chi connectivity index (χ1) is 13.0. The van der Waals surface area contributed by atoms with Crippen molar-refractivity contribution in [1.29, 1.82) is 0 Å². The average molecular weight is 426 g/mol. The number of rotatable bonds is 6. The average Bonchev–Trinajstić information content (AvgIpc) is 2.67. The van der Waals surface area contributed by atoms with Crippen LogP contribution in [0.15, 0.2) is 64.2 Å². The van der Waals surface area contributed by atoms with Gasteiger partial charge in [-0.05, 0) is 53.4 Å². The van der Waals surface area contributed by atoms with E-state index in [2.05, 4.69) is 39.3 Å². The van der Waals surface area contributed by atoms with Gasteiger partial charge in [0.1, 0.15) is 5.75 Å². The molecule has 0 aromatic heterocycles. The molecule has 0 N–H and O–H groups in total. The highest BCUT2D eigenvalue weighted by Crippen LogP contribution is 2.26. The molecule has 0 fully saturated rings. The van der Waals surface area contributed by atoms with Crippen LogP contribution in [0, 0.1) is 13.8 Å². The van der Waals surface area contributed by atoms with Crippen LogP contribution in [-0.4, -0.2) is 18.8 Å². The first-order valence-electron chi connectivity index (χ1n) is 8.62. The molecule has 5 heteroatoms. The Bertz CT molecular complexity index is 970. The van der Waals surface area contributed by atoms with E-state index >= 15 is 0 Å². The van der Waals surface area contributed by atoms with Crippen LogP contribution in [-0.2, 0) is 16.1 Å². The Labute approximate surface area is 166 Å². The van der Waals surface area contributed by atoms with Crippen molar-refractivity contribution in [3.63, 3.8) is 0 Å². The van der Waals surface area contributed by atoms with Crippen molar-refractivity contribution in [2.75, 3.05) is 6.61 Å². The monoisotopic (exact) mass is 425 g/mol. The third-order valence-electron chi connectivity index (χ3n) is 4.19. The SMILES string of the molecule is Cc1cc(OCC(=O)O/N=C/Cc2cccc3ccccc23)cc(C)c1Br. The van der Waals surface area contributed by atoms with Crippen molar-refractivity contribution in [2.45, 2.75) is 20.3 Å². The molecule has 0 aliphatic carbocycles. The first-order valence-corrected chi connectivity index (χ1v) is 9.42. The predicted molar refractivity (Wildman–Crippen MR) is 111 cm³/mol. The zero-order chi connectivity index (χ0) is 19.2. The quantitative estimate of drug-likeness (QED) is 0.303. The number of hydrogen-bond acceptors (Lipinski definition) is 4. The fourth-order valence-electron chi connectivity index (χ4n) is 2.86. The first kappa shape index (κ1) is 19.1. The number of oxime groups is 1. The van der Waals surface area contributed by atoms with E-state index in [0.29, 0.717) is 12.2 Å². The number of carbonyl (C=O) groups is 1. The molecule has 0 heterocycles. The number of ether oxygens (including phenoxy) is 1. The van der Waals surface area contributed by atoms with Crippen molar-refractivity contribution < 1.29 is 14.4 Å². The van der Waals surface area contributed by atoms with Gasteiger partial charge >= 0.3 is 5.97 Å². The summed E-state index contributed by atoms with van der Waals surface area (Å²) in [5.41, 5.74) is 3.22. The van der Waals surface area contributed by atoms with Crippen LogP contribution in [0.2, 0.25) is 0 Å². The number of nitrogens with zero attached hydrogens (tertiary/aromatic N) is 1. The third kappa shape index (κ3) is 4.95. The maximum atomic E-state index is 11.8. The summed E-state index contributed by atoms with van der Waals surface area (Å²) in [4.78, 5) is 16.7. The van der Waals surface area contributed by atoms with E-state index in [1.807, 2.05) is 50.2 Å². The van der Waals surface area contributed by atoms with Crippen molar-refractivity contribution in [1.82, 2.24) is 0 Å². The van der Waals surface area contributed by atoms with Crippen LogP contribution < -0.4 is 4.74 Å². The van der Waals surface area contributed by atoms with Crippen molar-refractivity contribution in [3.05, 3.63) is 75.8 Å². The molecule has 0 unspecified atom stereocenters. The molecule has 3 aromatic rings. The molecule has 0 radical (unpaired) electrons. The van der Waals surface area contributed by atoms with Gasteiger partial charge < -0.3 is 9.57 Å². The summed E-state index contributed by atoms with van der Waals surface area (Å²) in [6.07, 6.45) is 2.17. The Kier molecular flexibility index (Phi) is 6.24. The van der Waals surface area contributed by atoms with Gasteiger partial charge in [0.15, 0.2) is 6.61 Å². The minimum absolute atomic E-state index is 0.188. The Morgan fingerprint density at radius 1 is 1.07 bits per heavy atom. The van der Waals surface area contributed by atoms with Gasteiger partial charge in [0.2, 0.25) is 0 Å². The molecule has 0 aliphatic heterocycles. The number of fused-ring (bicyclic) bond motifs is 1. The van der Waals surface area contributed by atoms with Crippen LogP contribution in [0.5, 0.6) is 5.75 Å². The molecule has 0 bridgehead atoms. The lowest BCUT2D eigenvalue weighted by Gasteiger charge is -2.08. The molecule has 4 nitrogen and oxygen atoms in total. The number of carbonyl (C=O) groups excluding carboxylic acids is 1. The van der Waals surface area contributed by atoms with Gasteiger partial charge in [-0.1, -0.05) is 63.6 Å². The third-order valence-corrected chi connectivity index (χ3v) is 5.44. The maximum absolute atomic E-state index is 11.8. The van der Waals surface area contributed by atoms with Crippen LogP contribution in [0.1, 0.15) is 16.7 Å². The van der Waals surface area contributed by atoms with E-state index in [1.165, 1.54) is 10.8 Å². The summed E-state index contributed by atoms with van der Waals surface area (Å²) < 4.78 is 6.53. The zero-order valence-electron chi connectivity index (χ0n) is 15.2. The summed E-state index contributed by atoms with van der Waals surface area (Å²) in [6.45, 7) is 3.76. The van der Waals surface area contributed by atoms with Gasteiger partial charge in [-0.2, -0.15) is 0 Å². The Morgan fingerprint density at radius 2 is 1.78 bits per heavy atom. The van der Waals surface area contributed by atoms with Gasteiger partial charge in [0, 0.05) is 17.1 Å². The zero-order valence-corrected chi connectivity index (χ0v) is 16.8. The number of benzene rings is 3. The molecule has 0 aliphatic rings. The Hall–Kier alpha value is -2.66. The van der Waals surface area contributed by atoms with Crippen LogP contribution in [0.25, 0.3) is 10.8 Å². The number of hydrogen-bond donors (Lipinski definition) is 0. The molecule has 27 heavy (non-hydrogen) atoms. The topological polar surface area (TPSA) is 47.9 Å². The van der Waals surface area contributed by atoms with Crippen LogP contribution >= 0.6 is 15.9 Å². The molecule has 3 rings (SSSR count). The highest BCUT2D eigenvalue weighted by molar-refractivity contribution is 9.10. The second kappa shape index (κ2) is 8.82. The summed E-state index contributed by atoms with van der Waals surface area (Å²) in [5, 5.41) is 6.12. The van der Waals surface area contributed by atoms with E-state index in [1.54, 1.807) is 6.21 Å². The van der Waals surface area contributed by atoms with Gasteiger partial charge in [-0.25, -0.2) is 4.79 Å². The maximum Gasteiger partial charge on any atom is 0.371 e. The van der Waals surface area contributed by atoms with Crippen molar-refractivity contribution >= 4 is 38.9 Å². The standard InChI is InChI=1S/C22H20BrNO3/c1-15-12-19(13-16(2)22(15)23)26-14-21(25)27-24-11-10-18-8-5-7-17-6-3-4-9-20(17)18/h3-9,11-13H,10,14H2,1-2H3/b24-11+. The smallest absolute Gasteiger partial charge is 0.371 e. The summed E-state index contributed by atoms with van der Waals surface area (Å²) in [6, 6.07) is 18.0. The largest absolute Gasteiger partial charge is 0.482 e. The normalized spacial score (nSPS) is 11.1. The lowest BCUT2D eigenvalue weighted by Crippen LogP contribution is -2.12. The van der Waals surface area contributed by atoms with Crippen LogP contribution in [0.4, 0.5) is 0 Å². The lowest BCUT2D eigenvalue weighted by molar-refractivity contribution is -0.145. The summed E-state index contributed by atoms with van der Waals surface area (Å²) in [7, 11) is 0. The molecular formula is C22H20BrNO3.